The molecule has 1 saturated heterocycles. The fraction of sp³-hybridized carbons (Fsp3) is 0.172. The highest BCUT2D eigenvalue weighted by atomic mass is 32.2. The molecule has 0 radical (unpaired) electrons. The van der Waals surface area contributed by atoms with Crippen molar-refractivity contribution < 1.29 is 22.4 Å². The van der Waals surface area contributed by atoms with Crippen LogP contribution in [0.5, 0.6) is 0 Å². The lowest BCUT2D eigenvalue weighted by Gasteiger charge is -2.23. The highest BCUT2D eigenvalue weighted by Crippen LogP contribution is 2.39. The first kappa shape index (κ1) is 26.6. The van der Waals surface area contributed by atoms with Crippen molar-refractivity contribution in [3.63, 3.8) is 0 Å². The fourth-order valence-corrected chi connectivity index (χ4v) is 6.55. The van der Waals surface area contributed by atoms with E-state index >= 15 is 0 Å². The van der Waals surface area contributed by atoms with E-state index in [9.17, 15) is 18.0 Å². The number of nitrogens with one attached hydrogen (secondary N) is 2. The quantitative estimate of drug-likeness (QED) is 0.285. The van der Waals surface area contributed by atoms with Crippen LogP contribution in [-0.2, 0) is 21.4 Å². The number of anilines is 2. The lowest BCUT2D eigenvalue weighted by atomic mass is 10.1. The average Bonchev–Trinajstić information content (AvgIpc) is 3.57. The molecule has 10 heteroatoms. The zero-order valence-electron chi connectivity index (χ0n) is 21.4. The van der Waals surface area contributed by atoms with Crippen LogP contribution < -0.4 is 10.0 Å². The number of furan rings is 1. The van der Waals surface area contributed by atoms with Gasteiger partial charge < -0.3 is 14.6 Å². The smallest absolute Gasteiger partial charge is 0.261 e. The van der Waals surface area contributed by atoms with Gasteiger partial charge in [-0.05, 0) is 85.1 Å². The summed E-state index contributed by atoms with van der Waals surface area (Å²) >= 11 is 1.54. The van der Waals surface area contributed by atoms with Crippen molar-refractivity contribution >= 4 is 45.0 Å². The van der Waals surface area contributed by atoms with E-state index in [0.717, 1.165) is 16.7 Å². The molecular weight excluding hydrogens is 534 g/mol. The highest BCUT2D eigenvalue weighted by Gasteiger charge is 2.33. The molecule has 1 aliphatic rings. The van der Waals surface area contributed by atoms with Crippen LogP contribution in [0.25, 0.3) is 0 Å². The topological polar surface area (TPSA) is 109 Å². The summed E-state index contributed by atoms with van der Waals surface area (Å²) in [5, 5.41) is 2.64. The number of benzene rings is 3. The van der Waals surface area contributed by atoms with E-state index in [1.807, 2.05) is 44.2 Å². The zero-order valence-corrected chi connectivity index (χ0v) is 23.0. The monoisotopic (exact) mass is 561 g/mol. The molecule has 1 atom stereocenters. The van der Waals surface area contributed by atoms with Gasteiger partial charge in [-0.1, -0.05) is 24.3 Å². The van der Waals surface area contributed by atoms with E-state index in [2.05, 4.69) is 10.0 Å². The lowest BCUT2D eigenvalue weighted by molar-refractivity contribution is -0.128. The van der Waals surface area contributed by atoms with Crippen molar-refractivity contribution in [1.29, 1.82) is 0 Å². The first-order valence-corrected chi connectivity index (χ1v) is 14.8. The van der Waals surface area contributed by atoms with Crippen molar-refractivity contribution in [2.24, 2.45) is 0 Å². The van der Waals surface area contributed by atoms with E-state index in [1.54, 1.807) is 47.6 Å². The minimum atomic E-state index is -3.79. The third kappa shape index (κ3) is 6.02. The number of amides is 2. The minimum Gasteiger partial charge on any atom is -0.467 e. The number of thioether (sulfide) groups is 1. The molecule has 8 nitrogen and oxygen atoms in total. The molecule has 1 fully saturated rings. The molecule has 0 saturated carbocycles. The summed E-state index contributed by atoms with van der Waals surface area (Å²) in [7, 11) is -3.79. The first-order chi connectivity index (χ1) is 18.7. The highest BCUT2D eigenvalue weighted by molar-refractivity contribution is 8.00. The Morgan fingerprint density at radius 2 is 1.77 bits per heavy atom. The number of rotatable bonds is 8. The van der Waals surface area contributed by atoms with Crippen LogP contribution in [0.3, 0.4) is 0 Å². The van der Waals surface area contributed by atoms with Gasteiger partial charge in [-0.15, -0.1) is 11.8 Å². The normalized spacial score (nSPS) is 15.4. The molecule has 2 amide bonds. The standard InChI is InChI=1S/C29H27N3O5S2/c1-19-5-6-20(2)26(16-19)31-39(35,36)25-13-11-23(12-14-25)30-28(34)21-7-9-22(10-8-21)29-32(27(33)18-38-29)17-24-4-3-15-37-24/h3-16,29,31H,17-18H2,1-2H3,(H,30,34)/t29-/m0/s1. The summed E-state index contributed by atoms with van der Waals surface area (Å²) in [6.45, 7) is 4.12. The van der Waals surface area contributed by atoms with Gasteiger partial charge >= 0.3 is 0 Å². The lowest BCUT2D eigenvalue weighted by Crippen LogP contribution is -2.27. The summed E-state index contributed by atoms with van der Waals surface area (Å²) < 4.78 is 33.8. The SMILES string of the molecule is Cc1ccc(C)c(NS(=O)(=O)c2ccc(NC(=O)c3ccc([C@@H]4SCC(=O)N4Cc4ccco4)cc3)cc2)c1. The third-order valence-corrected chi connectivity index (χ3v) is 9.03. The van der Waals surface area contributed by atoms with Gasteiger partial charge in [0, 0.05) is 11.3 Å². The molecule has 3 aromatic carbocycles. The van der Waals surface area contributed by atoms with Crippen LogP contribution in [-0.4, -0.2) is 30.9 Å². The van der Waals surface area contributed by atoms with Crippen LogP contribution in [0.2, 0.25) is 0 Å². The summed E-state index contributed by atoms with van der Waals surface area (Å²) in [5.74, 6) is 0.817. The van der Waals surface area contributed by atoms with Gasteiger partial charge in [0.2, 0.25) is 5.91 Å². The Morgan fingerprint density at radius 3 is 2.46 bits per heavy atom. The predicted molar refractivity (Wildman–Crippen MR) is 152 cm³/mol. The molecule has 5 rings (SSSR count). The molecule has 2 heterocycles. The second-order valence-electron chi connectivity index (χ2n) is 9.29. The molecule has 2 N–H and O–H groups in total. The van der Waals surface area contributed by atoms with Crippen molar-refractivity contribution in [2.45, 2.75) is 30.7 Å². The van der Waals surface area contributed by atoms with Crippen LogP contribution >= 0.6 is 11.8 Å². The number of carbonyl (C=O) groups excluding carboxylic acids is 2. The van der Waals surface area contributed by atoms with Crippen LogP contribution in [0.15, 0.2) is 94.4 Å². The van der Waals surface area contributed by atoms with E-state index < -0.39 is 10.0 Å². The summed E-state index contributed by atoms with van der Waals surface area (Å²) in [5.41, 5.74) is 4.13. The Bertz CT molecular complexity index is 1600. The maximum Gasteiger partial charge on any atom is 0.261 e. The Kier molecular flexibility index (Phi) is 7.49. The largest absolute Gasteiger partial charge is 0.467 e. The van der Waals surface area contributed by atoms with Gasteiger partial charge in [0.1, 0.15) is 11.1 Å². The molecule has 1 aliphatic heterocycles. The maximum absolute atomic E-state index is 12.9. The molecule has 0 bridgehead atoms. The predicted octanol–water partition coefficient (Wildman–Crippen LogP) is 5.72. The minimum absolute atomic E-state index is 0.0397. The van der Waals surface area contributed by atoms with Crippen LogP contribution in [0.1, 0.15) is 38.2 Å². The van der Waals surface area contributed by atoms with Gasteiger partial charge in [-0.2, -0.15) is 0 Å². The van der Waals surface area contributed by atoms with Gasteiger partial charge in [0.25, 0.3) is 15.9 Å². The molecule has 0 spiro atoms. The summed E-state index contributed by atoms with van der Waals surface area (Å²) in [6.07, 6.45) is 1.58. The van der Waals surface area contributed by atoms with E-state index in [0.29, 0.717) is 35.0 Å². The van der Waals surface area contributed by atoms with Crippen LogP contribution in [0.4, 0.5) is 11.4 Å². The van der Waals surface area contributed by atoms with Crippen molar-refractivity contribution in [2.75, 3.05) is 15.8 Å². The van der Waals surface area contributed by atoms with Crippen molar-refractivity contribution in [3.8, 4) is 0 Å². The fourth-order valence-electron chi connectivity index (χ4n) is 4.24. The Morgan fingerprint density at radius 1 is 1.03 bits per heavy atom. The second-order valence-corrected chi connectivity index (χ2v) is 12.0. The van der Waals surface area contributed by atoms with E-state index in [4.69, 9.17) is 4.42 Å². The maximum atomic E-state index is 12.9. The van der Waals surface area contributed by atoms with Gasteiger partial charge in [0.05, 0.1) is 29.1 Å². The second kappa shape index (κ2) is 11.0. The number of aryl methyl sites for hydroxylation is 2. The summed E-state index contributed by atoms with van der Waals surface area (Å²) in [4.78, 5) is 27.1. The van der Waals surface area contributed by atoms with Crippen LogP contribution in [0, 0.1) is 13.8 Å². The van der Waals surface area contributed by atoms with E-state index in [1.165, 1.54) is 23.9 Å². The average molecular weight is 562 g/mol. The number of hydrogen-bond donors (Lipinski definition) is 2. The van der Waals surface area contributed by atoms with Crippen molar-refractivity contribution in [3.05, 3.63) is 113 Å². The number of hydrogen-bond acceptors (Lipinski definition) is 6. The molecule has 39 heavy (non-hydrogen) atoms. The molecule has 4 aromatic rings. The Labute approximate surface area is 231 Å². The first-order valence-electron chi connectivity index (χ1n) is 12.2. The molecule has 0 unspecified atom stereocenters. The third-order valence-electron chi connectivity index (χ3n) is 6.39. The zero-order chi connectivity index (χ0) is 27.6. The number of sulfonamides is 1. The van der Waals surface area contributed by atoms with E-state index in [-0.39, 0.29) is 22.1 Å². The van der Waals surface area contributed by atoms with Gasteiger partial charge in [0.15, 0.2) is 0 Å². The van der Waals surface area contributed by atoms with Gasteiger partial charge in [-0.3, -0.25) is 14.3 Å². The summed E-state index contributed by atoms with van der Waals surface area (Å²) in [6, 6.07) is 22.3. The Balaban J connectivity index is 1.23. The van der Waals surface area contributed by atoms with Gasteiger partial charge in [-0.25, -0.2) is 8.42 Å². The molecule has 0 aliphatic carbocycles. The Hall–Kier alpha value is -4.02. The van der Waals surface area contributed by atoms with Crippen molar-refractivity contribution in [1.82, 2.24) is 4.90 Å². The molecular formula is C29H27N3O5S2. The molecule has 1 aromatic heterocycles. The molecule has 200 valence electrons. The number of carbonyl (C=O) groups is 2. The number of nitrogens with zero attached hydrogens (tertiary/aromatic N) is 1.